The zero-order chi connectivity index (χ0) is 7.33. The Bertz CT molecular complexity index is 59.0. The van der Waals surface area contributed by atoms with Crippen LogP contribution in [-0.4, -0.2) is 13.2 Å². The molecule has 1 rings (SSSR count). The van der Waals surface area contributed by atoms with E-state index in [1.54, 1.807) is 0 Å². The predicted molar refractivity (Wildman–Crippen MR) is 40.6 cm³/mol. The first kappa shape index (κ1) is 8.96. The average Bonchev–Trinajstić information content (AvgIpc) is 2.19. The zero-order valence-corrected chi connectivity index (χ0v) is 7.03. The van der Waals surface area contributed by atoms with Crippen LogP contribution in [0.1, 0.15) is 34.1 Å². The van der Waals surface area contributed by atoms with Crippen molar-refractivity contribution in [3.8, 4) is 0 Å². The normalized spacial score (nSPS) is 22.7. The fraction of sp³-hybridized carbons (Fsp3) is 1.00. The summed E-state index contributed by atoms with van der Waals surface area (Å²) in [5.74, 6) is 0. The summed E-state index contributed by atoms with van der Waals surface area (Å²) in [6, 6.07) is 0. The molecule has 56 valence electrons. The van der Waals surface area contributed by atoms with Crippen molar-refractivity contribution in [2.24, 2.45) is 5.41 Å². The van der Waals surface area contributed by atoms with Crippen LogP contribution in [0.5, 0.6) is 0 Å². The van der Waals surface area contributed by atoms with E-state index >= 15 is 0 Å². The molecule has 1 saturated heterocycles. The van der Waals surface area contributed by atoms with Crippen LogP contribution in [0.4, 0.5) is 0 Å². The van der Waals surface area contributed by atoms with Gasteiger partial charge in [0.25, 0.3) is 0 Å². The summed E-state index contributed by atoms with van der Waals surface area (Å²) >= 11 is 0. The highest BCUT2D eigenvalue weighted by Gasteiger charge is 2.22. The smallest absolute Gasteiger partial charge is 0.0517 e. The van der Waals surface area contributed by atoms with Gasteiger partial charge in [-0.2, -0.15) is 0 Å². The monoisotopic (exact) mass is 130 g/mol. The molecule has 0 bridgehead atoms. The second kappa shape index (κ2) is 3.89. The SMILES string of the molecule is CC.CC1(C)CCOC1. The lowest BCUT2D eigenvalue weighted by Crippen LogP contribution is -2.08. The largest absolute Gasteiger partial charge is 0.381 e. The number of rotatable bonds is 0. The van der Waals surface area contributed by atoms with Crippen molar-refractivity contribution >= 4 is 0 Å². The summed E-state index contributed by atoms with van der Waals surface area (Å²) in [5, 5.41) is 0. The van der Waals surface area contributed by atoms with Crippen molar-refractivity contribution in [2.45, 2.75) is 34.1 Å². The Hall–Kier alpha value is -0.0400. The van der Waals surface area contributed by atoms with E-state index in [4.69, 9.17) is 4.74 Å². The Morgan fingerprint density at radius 3 is 1.89 bits per heavy atom. The van der Waals surface area contributed by atoms with Gasteiger partial charge in [-0.3, -0.25) is 0 Å². The molecule has 0 unspecified atom stereocenters. The van der Waals surface area contributed by atoms with Crippen molar-refractivity contribution < 1.29 is 4.74 Å². The molecule has 0 aromatic carbocycles. The molecule has 0 radical (unpaired) electrons. The highest BCUT2D eigenvalue weighted by atomic mass is 16.5. The van der Waals surface area contributed by atoms with Gasteiger partial charge >= 0.3 is 0 Å². The van der Waals surface area contributed by atoms with Gasteiger partial charge in [-0.05, 0) is 11.8 Å². The zero-order valence-electron chi connectivity index (χ0n) is 7.03. The van der Waals surface area contributed by atoms with Crippen LogP contribution in [0.3, 0.4) is 0 Å². The van der Waals surface area contributed by atoms with Gasteiger partial charge < -0.3 is 4.74 Å². The van der Waals surface area contributed by atoms with Crippen LogP contribution in [0.25, 0.3) is 0 Å². The van der Waals surface area contributed by atoms with Crippen LogP contribution in [0, 0.1) is 5.41 Å². The van der Waals surface area contributed by atoms with Crippen molar-refractivity contribution in [1.82, 2.24) is 0 Å². The third-order valence-corrected chi connectivity index (χ3v) is 1.42. The molecule has 0 N–H and O–H groups in total. The second-order valence-corrected chi connectivity index (χ2v) is 2.97. The Balaban J connectivity index is 0.000000291. The van der Waals surface area contributed by atoms with Gasteiger partial charge in [0, 0.05) is 6.61 Å². The first-order chi connectivity index (χ1) is 4.21. The maximum Gasteiger partial charge on any atom is 0.0517 e. The minimum absolute atomic E-state index is 0.472. The van der Waals surface area contributed by atoms with Crippen molar-refractivity contribution in [3.05, 3.63) is 0 Å². The van der Waals surface area contributed by atoms with Gasteiger partial charge in [0.1, 0.15) is 0 Å². The van der Waals surface area contributed by atoms with Crippen LogP contribution >= 0.6 is 0 Å². The number of hydrogen-bond donors (Lipinski definition) is 0. The molecule has 0 atom stereocenters. The summed E-state index contributed by atoms with van der Waals surface area (Å²) in [4.78, 5) is 0. The minimum Gasteiger partial charge on any atom is -0.381 e. The molecule has 1 heterocycles. The van der Waals surface area contributed by atoms with Crippen molar-refractivity contribution in [2.75, 3.05) is 13.2 Å². The molecule has 1 fully saturated rings. The van der Waals surface area contributed by atoms with E-state index < -0.39 is 0 Å². The maximum atomic E-state index is 5.16. The second-order valence-electron chi connectivity index (χ2n) is 2.97. The van der Waals surface area contributed by atoms with Crippen LogP contribution in [-0.2, 0) is 4.74 Å². The van der Waals surface area contributed by atoms with Gasteiger partial charge in [0.15, 0.2) is 0 Å². The topological polar surface area (TPSA) is 9.23 Å². The lowest BCUT2D eigenvalue weighted by molar-refractivity contribution is 0.167. The van der Waals surface area contributed by atoms with Gasteiger partial charge in [-0.25, -0.2) is 0 Å². The summed E-state index contributed by atoms with van der Waals surface area (Å²) in [7, 11) is 0. The molecule has 1 heteroatoms. The molecular weight excluding hydrogens is 112 g/mol. The molecular formula is C8H18O. The maximum absolute atomic E-state index is 5.16. The van der Waals surface area contributed by atoms with E-state index in [-0.39, 0.29) is 0 Å². The minimum atomic E-state index is 0.472. The molecule has 0 saturated carbocycles. The van der Waals surface area contributed by atoms with E-state index in [2.05, 4.69) is 13.8 Å². The third kappa shape index (κ3) is 3.52. The van der Waals surface area contributed by atoms with Crippen LogP contribution in [0.15, 0.2) is 0 Å². The number of hydrogen-bond acceptors (Lipinski definition) is 1. The third-order valence-electron chi connectivity index (χ3n) is 1.42. The molecule has 0 aromatic rings. The molecule has 1 aliphatic rings. The molecule has 1 aliphatic heterocycles. The Morgan fingerprint density at radius 1 is 1.22 bits per heavy atom. The first-order valence-corrected chi connectivity index (χ1v) is 3.78. The van der Waals surface area contributed by atoms with E-state index in [0.717, 1.165) is 13.2 Å². The molecule has 0 spiro atoms. The van der Waals surface area contributed by atoms with E-state index in [0.29, 0.717) is 5.41 Å². The van der Waals surface area contributed by atoms with E-state index in [9.17, 15) is 0 Å². The molecule has 0 amide bonds. The average molecular weight is 130 g/mol. The quantitative estimate of drug-likeness (QED) is 0.489. The lowest BCUT2D eigenvalue weighted by atomic mass is 9.94. The fourth-order valence-corrected chi connectivity index (χ4v) is 0.769. The Morgan fingerprint density at radius 2 is 1.78 bits per heavy atom. The predicted octanol–water partition coefficient (Wildman–Crippen LogP) is 2.46. The van der Waals surface area contributed by atoms with Crippen LogP contribution in [0.2, 0.25) is 0 Å². The van der Waals surface area contributed by atoms with Crippen molar-refractivity contribution in [1.29, 1.82) is 0 Å². The van der Waals surface area contributed by atoms with Crippen LogP contribution < -0.4 is 0 Å². The molecule has 0 aromatic heterocycles. The molecule has 9 heavy (non-hydrogen) atoms. The van der Waals surface area contributed by atoms with Gasteiger partial charge in [0.2, 0.25) is 0 Å². The van der Waals surface area contributed by atoms with E-state index in [1.807, 2.05) is 13.8 Å². The standard InChI is InChI=1S/C6H12O.C2H6/c1-6(2)3-4-7-5-6;1-2/h3-5H2,1-2H3;1-2H3. The highest BCUT2D eigenvalue weighted by Crippen LogP contribution is 2.25. The summed E-state index contributed by atoms with van der Waals surface area (Å²) in [5.41, 5.74) is 0.472. The Kier molecular flexibility index (Phi) is 3.87. The number of ether oxygens (including phenoxy) is 1. The summed E-state index contributed by atoms with van der Waals surface area (Å²) in [6.07, 6.45) is 1.23. The first-order valence-electron chi connectivity index (χ1n) is 3.78. The fourth-order valence-electron chi connectivity index (χ4n) is 0.769. The van der Waals surface area contributed by atoms with E-state index in [1.165, 1.54) is 6.42 Å². The van der Waals surface area contributed by atoms with Crippen molar-refractivity contribution in [3.63, 3.8) is 0 Å². The van der Waals surface area contributed by atoms with Gasteiger partial charge in [-0.1, -0.05) is 27.7 Å². The molecule has 1 nitrogen and oxygen atoms in total. The lowest BCUT2D eigenvalue weighted by Gasteiger charge is -2.11. The van der Waals surface area contributed by atoms with Gasteiger partial charge in [0.05, 0.1) is 6.61 Å². The summed E-state index contributed by atoms with van der Waals surface area (Å²) in [6.45, 7) is 10.4. The summed E-state index contributed by atoms with van der Waals surface area (Å²) < 4.78 is 5.16. The van der Waals surface area contributed by atoms with Gasteiger partial charge in [-0.15, -0.1) is 0 Å². The highest BCUT2D eigenvalue weighted by molar-refractivity contribution is 4.71. The molecule has 0 aliphatic carbocycles. The Labute approximate surface area is 58.4 Å².